The highest BCUT2D eigenvalue weighted by molar-refractivity contribution is 9.10. The molecule has 0 atom stereocenters. The number of hydrogen-bond donors (Lipinski definition) is 1. The normalized spacial score (nSPS) is 10.9. The molecular weight excluding hydrogens is 324 g/mol. The summed E-state index contributed by atoms with van der Waals surface area (Å²) < 4.78 is 6.44. The van der Waals surface area contributed by atoms with Crippen LogP contribution >= 0.6 is 15.9 Å². The van der Waals surface area contributed by atoms with Gasteiger partial charge in [0.15, 0.2) is 5.76 Å². The van der Waals surface area contributed by atoms with Gasteiger partial charge in [0.2, 0.25) is 0 Å². The molecule has 0 aliphatic heterocycles. The molecule has 0 spiro atoms. The lowest BCUT2D eigenvalue weighted by Gasteiger charge is -2.13. The zero-order chi connectivity index (χ0) is 14.1. The molecule has 7 heteroatoms. The standard InChI is InChI=1S/C13H11BrN4O2/c1-18(6-11-15-7-16-17-11)13(19)10-5-8-3-2-4-9(14)12(8)20-10/h2-5,7H,6H2,1H3,(H,15,16,17). The van der Waals surface area contributed by atoms with Crippen molar-refractivity contribution < 1.29 is 9.21 Å². The quantitative estimate of drug-likeness (QED) is 0.798. The van der Waals surface area contributed by atoms with Gasteiger partial charge in [-0.15, -0.1) is 0 Å². The minimum atomic E-state index is -0.204. The molecule has 3 aromatic rings. The molecule has 0 aliphatic carbocycles. The summed E-state index contributed by atoms with van der Waals surface area (Å²) >= 11 is 3.40. The van der Waals surface area contributed by atoms with Gasteiger partial charge in [0, 0.05) is 12.4 Å². The van der Waals surface area contributed by atoms with E-state index in [-0.39, 0.29) is 5.91 Å². The van der Waals surface area contributed by atoms with Crippen molar-refractivity contribution in [2.24, 2.45) is 0 Å². The number of nitrogens with zero attached hydrogens (tertiary/aromatic N) is 3. The van der Waals surface area contributed by atoms with Crippen LogP contribution in [0.15, 0.2) is 39.5 Å². The van der Waals surface area contributed by atoms with Gasteiger partial charge < -0.3 is 9.32 Å². The zero-order valence-corrected chi connectivity index (χ0v) is 12.2. The summed E-state index contributed by atoms with van der Waals surface area (Å²) in [5, 5.41) is 7.35. The molecular formula is C13H11BrN4O2. The van der Waals surface area contributed by atoms with Gasteiger partial charge in [-0.2, -0.15) is 5.10 Å². The number of para-hydroxylation sites is 1. The molecule has 2 heterocycles. The Kier molecular flexibility index (Phi) is 3.27. The van der Waals surface area contributed by atoms with Crippen molar-refractivity contribution >= 4 is 32.8 Å². The SMILES string of the molecule is CN(Cc1ncn[nH]1)C(=O)c1cc2cccc(Br)c2o1. The fourth-order valence-corrected chi connectivity index (χ4v) is 2.39. The number of rotatable bonds is 3. The Labute approximate surface area is 122 Å². The Morgan fingerprint density at radius 1 is 1.50 bits per heavy atom. The number of hydrogen-bond acceptors (Lipinski definition) is 4. The zero-order valence-electron chi connectivity index (χ0n) is 10.6. The maximum atomic E-state index is 12.3. The summed E-state index contributed by atoms with van der Waals surface area (Å²) in [6.45, 7) is 0.344. The van der Waals surface area contributed by atoms with Gasteiger partial charge in [0.25, 0.3) is 5.91 Å². The van der Waals surface area contributed by atoms with Gasteiger partial charge in [0.1, 0.15) is 17.7 Å². The highest BCUT2D eigenvalue weighted by Gasteiger charge is 2.18. The molecule has 3 rings (SSSR count). The van der Waals surface area contributed by atoms with Crippen LogP contribution in [0.4, 0.5) is 0 Å². The Balaban J connectivity index is 1.86. The minimum absolute atomic E-state index is 0.204. The van der Waals surface area contributed by atoms with E-state index in [9.17, 15) is 4.79 Å². The van der Waals surface area contributed by atoms with Crippen molar-refractivity contribution in [2.45, 2.75) is 6.54 Å². The highest BCUT2D eigenvalue weighted by Crippen LogP contribution is 2.27. The number of amides is 1. The first-order valence-corrected chi connectivity index (χ1v) is 6.72. The predicted molar refractivity (Wildman–Crippen MR) is 76.1 cm³/mol. The van der Waals surface area contributed by atoms with E-state index in [4.69, 9.17) is 4.42 Å². The summed E-state index contributed by atoms with van der Waals surface area (Å²) in [5.74, 6) is 0.719. The second-order valence-corrected chi connectivity index (χ2v) is 5.22. The third-order valence-electron chi connectivity index (χ3n) is 2.91. The lowest BCUT2D eigenvalue weighted by atomic mass is 10.2. The number of furan rings is 1. The van der Waals surface area contributed by atoms with Crippen LogP contribution in [0.25, 0.3) is 11.0 Å². The molecule has 0 bridgehead atoms. The topological polar surface area (TPSA) is 75.0 Å². The molecule has 6 nitrogen and oxygen atoms in total. The molecule has 20 heavy (non-hydrogen) atoms. The van der Waals surface area contributed by atoms with Crippen LogP contribution in [0.1, 0.15) is 16.4 Å². The number of carbonyl (C=O) groups is 1. The van der Waals surface area contributed by atoms with E-state index >= 15 is 0 Å². The number of nitrogens with one attached hydrogen (secondary N) is 1. The van der Waals surface area contributed by atoms with Crippen molar-refractivity contribution in [1.82, 2.24) is 20.1 Å². The van der Waals surface area contributed by atoms with Crippen LogP contribution in [0.3, 0.4) is 0 Å². The molecule has 0 saturated carbocycles. The van der Waals surface area contributed by atoms with Crippen molar-refractivity contribution in [3.05, 3.63) is 46.7 Å². The van der Waals surface area contributed by atoms with E-state index in [1.165, 1.54) is 11.2 Å². The van der Waals surface area contributed by atoms with Crippen LogP contribution in [0.2, 0.25) is 0 Å². The molecule has 102 valence electrons. The Morgan fingerprint density at radius 2 is 2.35 bits per heavy atom. The van der Waals surface area contributed by atoms with E-state index in [2.05, 4.69) is 31.1 Å². The largest absolute Gasteiger partial charge is 0.450 e. The average molecular weight is 335 g/mol. The predicted octanol–water partition coefficient (Wildman–Crippen LogP) is 2.59. The fourth-order valence-electron chi connectivity index (χ4n) is 1.92. The minimum Gasteiger partial charge on any atom is -0.450 e. The first-order chi connectivity index (χ1) is 9.65. The lowest BCUT2D eigenvalue weighted by molar-refractivity contribution is 0.0752. The molecule has 0 aliphatic rings. The van der Waals surface area contributed by atoms with Gasteiger partial charge in [-0.25, -0.2) is 4.98 Å². The number of aromatic amines is 1. The number of carbonyl (C=O) groups excluding carboxylic acids is 1. The van der Waals surface area contributed by atoms with Crippen LogP contribution in [-0.4, -0.2) is 33.0 Å². The van der Waals surface area contributed by atoms with E-state index in [1.807, 2.05) is 18.2 Å². The maximum absolute atomic E-state index is 12.3. The summed E-state index contributed by atoms with van der Waals surface area (Å²) in [7, 11) is 1.69. The second-order valence-electron chi connectivity index (χ2n) is 4.36. The molecule has 1 aromatic carbocycles. The number of H-pyrrole nitrogens is 1. The number of aromatic nitrogens is 3. The molecule has 2 aromatic heterocycles. The van der Waals surface area contributed by atoms with Gasteiger partial charge >= 0.3 is 0 Å². The molecule has 0 saturated heterocycles. The van der Waals surface area contributed by atoms with E-state index in [0.29, 0.717) is 23.7 Å². The number of benzene rings is 1. The summed E-state index contributed by atoms with van der Waals surface area (Å²) in [5.41, 5.74) is 0.670. The summed E-state index contributed by atoms with van der Waals surface area (Å²) in [6.07, 6.45) is 1.41. The highest BCUT2D eigenvalue weighted by atomic mass is 79.9. The third kappa shape index (κ3) is 2.32. The third-order valence-corrected chi connectivity index (χ3v) is 3.53. The lowest BCUT2D eigenvalue weighted by Crippen LogP contribution is -2.26. The van der Waals surface area contributed by atoms with Crippen LogP contribution in [-0.2, 0) is 6.54 Å². The molecule has 1 amide bonds. The summed E-state index contributed by atoms with van der Waals surface area (Å²) in [6, 6.07) is 7.41. The molecule has 0 radical (unpaired) electrons. The Bertz CT molecular complexity index is 751. The van der Waals surface area contributed by atoms with Crippen molar-refractivity contribution in [3.63, 3.8) is 0 Å². The fraction of sp³-hybridized carbons (Fsp3) is 0.154. The van der Waals surface area contributed by atoms with Gasteiger partial charge in [-0.3, -0.25) is 9.89 Å². The van der Waals surface area contributed by atoms with E-state index in [1.54, 1.807) is 13.1 Å². The first-order valence-electron chi connectivity index (χ1n) is 5.93. The first kappa shape index (κ1) is 12.9. The van der Waals surface area contributed by atoms with Crippen LogP contribution < -0.4 is 0 Å². The number of halogens is 1. The molecule has 0 unspecified atom stereocenters. The van der Waals surface area contributed by atoms with E-state index in [0.717, 1.165) is 9.86 Å². The monoisotopic (exact) mass is 334 g/mol. The Morgan fingerprint density at radius 3 is 3.05 bits per heavy atom. The average Bonchev–Trinajstić information content (AvgIpc) is 3.07. The smallest absolute Gasteiger partial charge is 0.289 e. The Hall–Kier alpha value is -2.15. The van der Waals surface area contributed by atoms with Crippen LogP contribution in [0.5, 0.6) is 0 Å². The second kappa shape index (κ2) is 5.09. The van der Waals surface area contributed by atoms with Gasteiger partial charge in [-0.1, -0.05) is 12.1 Å². The van der Waals surface area contributed by atoms with Crippen molar-refractivity contribution in [3.8, 4) is 0 Å². The summed E-state index contributed by atoms with van der Waals surface area (Å²) in [4.78, 5) is 17.8. The van der Waals surface area contributed by atoms with Crippen molar-refractivity contribution in [1.29, 1.82) is 0 Å². The number of fused-ring (bicyclic) bond motifs is 1. The van der Waals surface area contributed by atoms with Crippen molar-refractivity contribution in [2.75, 3.05) is 7.05 Å². The van der Waals surface area contributed by atoms with Gasteiger partial charge in [0.05, 0.1) is 11.0 Å². The van der Waals surface area contributed by atoms with Gasteiger partial charge in [-0.05, 0) is 28.1 Å². The molecule has 1 N–H and O–H groups in total. The van der Waals surface area contributed by atoms with E-state index < -0.39 is 0 Å². The van der Waals surface area contributed by atoms with Crippen LogP contribution in [0, 0.1) is 0 Å². The maximum Gasteiger partial charge on any atom is 0.289 e. The molecule has 0 fully saturated rings.